The molecule has 0 fully saturated rings. The normalized spacial score (nSPS) is 13.9. The average Bonchev–Trinajstić information content (AvgIpc) is 3.15. The fourth-order valence-corrected chi connectivity index (χ4v) is 3.35. The van der Waals surface area contributed by atoms with Gasteiger partial charge in [0.25, 0.3) is 5.91 Å². The van der Waals surface area contributed by atoms with Crippen LogP contribution in [0, 0.1) is 6.92 Å². The fraction of sp³-hybridized carbons (Fsp3) is 0.389. The lowest BCUT2D eigenvalue weighted by Crippen LogP contribution is -2.26. The number of carbonyl (C=O) groups excluding carboxylic acids is 1. The third kappa shape index (κ3) is 3.71. The minimum Gasteiger partial charge on any atom is -0.342 e. The van der Waals surface area contributed by atoms with Gasteiger partial charge in [-0.15, -0.1) is 15.3 Å². The summed E-state index contributed by atoms with van der Waals surface area (Å²) in [5, 5.41) is 16.3. The van der Waals surface area contributed by atoms with Crippen molar-refractivity contribution in [3.63, 3.8) is 0 Å². The Morgan fingerprint density at radius 1 is 1.19 bits per heavy atom. The third-order valence-electron chi connectivity index (χ3n) is 4.64. The second-order valence-corrected chi connectivity index (χ2v) is 6.98. The van der Waals surface area contributed by atoms with Gasteiger partial charge in [-0.1, -0.05) is 18.0 Å². The van der Waals surface area contributed by atoms with Gasteiger partial charge in [-0.3, -0.25) is 4.79 Å². The van der Waals surface area contributed by atoms with E-state index in [1.165, 1.54) is 6.42 Å². The molecule has 0 radical (unpaired) electrons. The molecule has 9 heteroatoms. The van der Waals surface area contributed by atoms with E-state index in [2.05, 4.69) is 30.2 Å². The molecule has 140 valence electrons. The molecule has 0 atom stereocenters. The molecule has 0 saturated heterocycles. The van der Waals surface area contributed by atoms with Gasteiger partial charge >= 0.3 is 0 Å². The summed E-state index contributed by atoms with van der Waals surface area (Å²) in [4.78, 5) is 16.8. The quantitative estimate of drug-likeness (QED) is 0.745. The van der Waals surface area contributed by atoms with E-state index in [0.29, 0.717) is 17.4 Å². The number of benzene rings is 1. The highest BCUT2D eigenvalue weighted by Crippen LogP contribution is 2.15. The van der Waals surface area contributed by atoms with E-state index < -0.39 is 0 Å². The smallest absolute Gasteiger partial charge is 0.291 e. The first-order chi connectivity index (χ1) is 13.1. The highest BCUT2D eigenvalue weighted by atomic mass is 35.5. The second-order valence-electron chi connectivity index (χ2n) is 6.55. The standard InChI is InChI=1S/C18H20ClN7O/c1-12-21-17(24-26(12)14-8-6-13(19)7-9-14)18(27)20-11-16-23-22-15-5-3-2-4-10-25(15)16/h6-9H,2-5,10-11H2,1H3,(H,20,27). The number of halogens is 1. The van der Waals surface area contributed by atoms with Crippen LogP contribution in [0.5, 0.6) is 0 Å². The van der Waals surface area contributed by atoms with Gasteiger partial charge < -0.3 is 9.88 Å². The minimum absolute atomic E-state index is 0.123. The van der Waals surface area contributed by atoms with Gasteiger partial charge in [-0.05, 0) is 44.0 Å². The maximum atomic E-state index is 12.5. The first-order valence-corrected chi connectivity index (χ1v) is 9.38. The number of aryl methyl sites for hydroxylation is 2. The number of aromatic nitrogens is 6. The molecule has 4 rings (SSSR count). The lowest BCUT2D eigenvalue weighted by Gasteiger charge is -2.07. The Hall–Kier alpha value is -2.74. The van der Waals surface area contributed by atoms with E-state index in [4.69, 9.17) is 11.6 Å². The van der Waals surface area contributed by atoms with Crippen molar-refractivity contribution in [2.75, 3.05) is 0 Å². The predicted molar refractivity (Wildman–Crippen MR) is 99.9 cm³/mol. The molecule has 1 amide bonds. The van der Waals surface area contributed by atoms with E-state index in [0.717, 1.165) is 43.1 Å². The Morgan fingerprint density at radius 2 is 2.00 bits per heavy atom. The molecule has 3 aromatic rings. The number of rotatable bonds is 4. The molecule has 1 aliphatic heterocycles. The number of carbonyl (C=O) groups is 1. The number of hydrogen-bond donors (Lipinski definition) is 1. The van der Waals surface area contributed by atoms with Gasteiger partial charge in [0.1, 0.15) is 11.6 Å². The molecule has 3 heterocycles. The molecule has 1 N–H and O–H groups in total. The van der Waals surface area contributed by atoms with Crippen LogP contribution in [0.1, 0.15) is 47.4 Å². The van der Waals surface area contributed by atoms with Crippen LogP contribution in [0.2, 0.25) is 5.02 Å². The Bertz CT molecular complexity index is 961. The maximum Gasteiger partial charge on any atom is 0.291 e. The molecular formula is C18H20ClN7O. The van der Waals surface area contributed by atoms with Crippen LogP contribution in [0.4, 0.5) is 0 Å². The average molecular weight is 386 g/mol. The van der Waals surface area contributed by atoms with Crippen LogP contribution in [0.25, 0.3) is 5.69 Å². The molecule has 8 nitrogen and oxygen atoms in total. The van der Waals surface area contributed by atoms with Crippen molar-refractivity contribution in [3.05, 3.63) is 52.6 Å². The van der Waals surface area contributed by atoms with E-state index in [9.17, 15) is 4.79 Å². The monoisotopic (exact) mass is 385 g/mol. The zero-order valence-corrected chi connectivity index (χ0v) is 15.8. The van der Waals surface area contributed by atoms with Crippen molar-refractivity contribution >= 4 is 17.5 Å². The molecule has 0 saturated carbocycles. The van der Waals surface area contributed by atoms with Crippen LogP contribution in [0.15, 0.2) is 24.3 Å². The Morgan fingerprint density at radius 3 is 2.81 bits per heavy atom. The molecule has 0 aliphatic carbocycles. The lowest BCUT2D eigenvalue weighted by atomic mass is 10.2. The number of fused-ring (bicyclic) bond motifs is 1. The van der Waals surface area contributed by atoms with Crippen LogP contribution >= 0.6 is 11.6 Å². The van der Waals surface area contributed by atoms with Gasteiger partial charge in [0, 0.05) is 18.0 Å². The summed E-state index contributed by atoms with van der Waals surface area (Å²) in [5.74, 6) is 2.18. The highest BCUT2D eigenvalue weighted by Gasteiger charge is 2.18. The summed E-state index contributed by atoms with van der Waals surface area (Å²) >= 11 is 5.92. The van der Waals surface area contributed by atoms with E-state index in [1.807, 2.05) is 12.1 Å². The van der Waals surface area contributed by atoms with Crippen molar-refractivity contribution in [2.24, 2.45) is 0 Å². The largest absolute Gasteiger partial charge is 0.342 e. The Kier molecular flexibility index (Phi) is 4.89. The fourth-order valence-electron chi connectivity index (χ4n) is 3.23. The zero-order valence-electron chi connectivity index (χ0n) is 15.0. The van der Waals surface area contributed by atoms with Gasteiger partial charge in [0.05, 0.1) is 12.2 Å². The first kappa shape index (κ1) is 17.7. The van der Waals surface area contributed by atoms with Crippen LogP contribution < -0.4 is 5.32 Å². The molecule has 0 unspecified atom stereocenters. The molecule has 0 bridgehead atoms. The van der Waals surface area contributed by atoms with Crippen LogP contribution in [0.3, 0.4) is 0 Å². The third-order valence-corrected chi connectivity index (χ3v) is 4.89. The van der Waals surface area contributed by atoms with E-state index in [1.54, 1.807) is 23.7 Å². The van der Waals surface area contributed by atoms with Crippen molar-refractivity contribution < 1.29 is 4.79 Å². The predicted octanol–water partition coefficient (Wildman–Crippen LogP) is 2.48. The van der Waals surface area contributed by atoms with Crippen molar-refractivity contribution in [1.29, 1.82) is 0 Å². The van der Waals surface area contributed by atoms with Crippen molar-refractivity contribution in [1.82, 2.24) is 34.8 Å². The van der Waals surface area contributed by atoms with Crippen LogP contribution in [-0.4, -0.2) is 35.4 Å². The summed E-state index contributed by atoms with van der Waals surface area (Å²) in [6, 6.07) is 7.21. The zero-order chi connectivity index (χ0) is 18.8. The number of amides is 1. The van der Waals surface area contributed by atoms with Crippen LogP contribution in [-0.2, 0) is 19.5 Å². The summed E-state index contributed by atoms with van der Waals surface area (Å²) < 4.78 is 3.73. The second kappa shape index (κ2) is 7.48. The van der Waals surface area contributed by atoms with E-state index in [-0.39, 0.29) is 11.7 Å². The number of nitrogens with one attached hydrogen (secondary N) is 1. The molecule has 0 spiro atoms. The Balaban J connectivity index is 1.47. The van der Waals surface area contributed by atoms with E-state index >= 15 is 0 Å². The molecule has 2 aromatic heterocycles. The SMILES string of the molecule is Cc1nc(C(=O)NCc2nnc3n2CCCCC3)nn1-c1ccc(Cl)cc1. The number of hydrogen-bond acceptors (Lipinski definition) is 5. The molecule has 27 heavy (non-hydrogen) atoms. The van der Waals surface area contributed by atoms with Gasteiger partial charge in [0.15, 0.2) is 5.82 Å². The minimum atomic E-state index is -0.336. The maximum absolute atomic E-state index is 12.5. The first-order valence-electron chi connectivity index (χ1n) is 9.00. The molecule has 1 aromatic carbocycles. The van der Waals surface area contributed by atoms with Crippen molar-refractivity contribution in [2.45, 2.75) is 45.7 Å². The highest BCUT2D eigenvalue weighted by molar-refractivity contribution is 6.30. The number of nitrogens with zero attached hydrogens (tertiary/aromatic N) is 6. The van der Waals surface area contributed by atoms with Crippen molar-refractivity contribution in [3.8, 4) is 5.69 Å². The summed E-state index contributed by atoms with van der Waals surface area (Å²) in [6.45, 7) is 3.01. The summed E-state index contributed by atoms with van der Waals surface area (Å²) in [6.07, 6.45) is 4.38. The lowest BCUT2D eigenvalue weighted by molar-refractivity contribution is 0.0939. The molecular weight excluding hydrogens is 366 g/mol. The summed E-state index contributed by atoms with van der Waals surface area (Å²) in [7, 11) is 0. The molecule has 1 aliphatic rings. The van der Waals surface area contributed by atoms with Gasteiger partial charge in [-0.2, -0.15) is 0 Å². The van der Waals surface area contributed by atoms with Gasteiger partial charge in [0.2, 0.25) is 5.82 Å². The van der Waals surface area contributed by atoms with Gasteiger partial charge in [-0.25, -0.2) is 9.67 Å². The summed E-state index contributed by atoms with van der Waals surface area (Å²) in [5.41, 5.74) is 0.797. The Labute approximate surface area is 161 Å². The topological polar surface area (TPSA) is 90.5 Å².